The molecule has 0 fully saturated rings. The summed E-state index contributed by atoms with van der Waals surface area (Å²) in [6.45, 7) is 4.40. The fourth-order valence-corrected chi connectivity index (χ4v) is 9.64. The highest BCUT2D eigenvalue weighted by Crippen LogP contribution is 2.40. The van der Waals surface area contributed by atoms with E-state index >= 15 is 0 Å². The lowest BCUT2D eigenvalue weighted by Gasteiger charge is -2.14. The Morgan fingerprint density at radius 3 is 1.59 bits per heavy atom. The van der Waals surface area contributed by atoms with Crippen LogP contribution in [0.4, 0.5) is 0 Å². The molecule has 0 amide bonds. The minimum Gasteiger partial charge on any atom is -0.313 e. The third-order valence-corrected chi connectivity index (χ3v) is 12.6. The predicted molar refractivity (Wildman–Crippen MR) is 246 cm³/mol. The molecule has 7 aromatic carbocycles. The number of benzene rings is 7. The molecule has 0 saturated carbocycles. The molecule has 2 heterocycles. The van der Waals surface area contributed by atoms with Crippen LogP contribution in [-0.2, 0) is 12.8 Å². The number of fused-ring (bicyclic) bond motifs is 6. The zero-order chi connectivity index (χ0) is 38.7. The zero-order valence-corrected chi connectivity index (χ0v) is 33.0. The molecule has 0 atom stereocenters. The number of hydrogen-bond acceptors (Lipinski definition) is 0. The smallest absolute Gasteiger partial charge is 0.0538 e. The standard InChI is InChI=1S/C56H44N2/c1-37-12-3-5-16-47(37)43-26-32-55-51(35-43)49-18-7-9-20-53(49)57(55)45-28-22-39(23-29-45)41-14-11-15-42(34-41)40-24-30-46(31-25-40)58-54-21-10-8-19-50(54)52-36-44(27-33-56(52)58)48-17-6-4-13-38(48)2/h3-7,10-18,21-36H,8-9,19-20H2,1-2H3. The molecule has 2 nitrogen and oxygen atoms in total. The van der Waals surface area contributed by atoms with Crippen LogP contribution < -0.4 is 0 Å². The van der Waals surface area contributed by atoms with Crippen LogP contribution >= 0.6 is 0 Å². The van der Waals surface area contributed by atoms with Crippen molar-refractivity contribution < 1.29 is 0 Å². The van der Waals surface area contributed by atoms with Gasteiger partial charge in [0.2, 0.25) is 0 Å². The lowest BCUT2D eigenvalue weighted by Crippen LogP contribution is -2.02. The van der Waals surface area contributed by atoms with Crippen molar-refractivity contribution in [2.45, 2.75) is 39.5 Å². The summed E-state index contributed by atoms with van der Waals surface area (Å²) >= 11 is 0. The van der Waals surface area contributed by atoms with E-state index in [1.165, 1.54) is 111 Å². The predicted octanol–water partition coefficient (Wildman–Crippen LogP) is 14.8. The molecule has 2 aliphatic rings. The Hall–Kier alpha value is -6.90. The molecule has 9 aromatic rings. The first-order chi connectivity index (χ1) is 28.6. The Balaban J connectivity index is 0.905. The highest BCUT2D eigenvalue weighted by Gasteiger charge is 2.21. The van der Waals surface area contributed by atoms with E-state index in [2.05, 4.69) is 205 Å². The second-order valence-electron chi connectivity index (χ2n) is 16.0. The van der Waals surface area contributed by atoms with Gasteiger partial charge >= 0.3 is 0 Å². The fraction of sp³-hybridized carbons (Fsp3) is 0.107. The number of aryl methyl sites for hydroxylation is 3. The fourth-order valence-electron chi connectivity index (χ4n) is 9.64. The highest BCUT2D eigenvalue weighted by molar-refractivity contribution is 5.97. The van der Waals surface area contributed by atoms with Crippen LogP contribution in [0.15, 0.2) is 170 Å². The summed E-state index contributed by atoms with van der Waals surface area (Å²) < 4.78 is 4.94. The Bertz CT molecular complexity index is 3110. The van der Waals surface area contributed by atoms with E-state index in [9.17, 15) is 0 Å². The highest BCUT2D eigenvalue weighted by atomic mass is 15.0. The van der Waals surface area contributed by atoms with Crippen LogP contribution in [0.3, 0.4) is 0 Å². The molecule has 0 spiro atoms. The van der Waals surface area contributed by atoms with Gasteiger partial charge < -0.3 is 9.13 Å². The molecule has 0 radical (unpaired) electrons. The molecule has 0 unspecified atom stereocenters. The zero-order valence-electron chi connectivity index (χ0n) is 33.0. The molecule has 11 rings (SSSR count). The quantitative estimate of drug-likeness (QED) is 0.160. The lowest BCUT2D eigenvalue weighted by molar-refractivity contribution is 0.888. The van der Waals surface area contributed by atoms with E-state index in [1.807, 2.05) is 0 Å². The summed E-state index contributed by atoms with van der Waals surface area (Å²) in [6.07, 6.45) is 13.5. The number of aromatic nitrogens is 2. The minimum absolute atomic E-state index is 1.04. The molecular weight excluding hydrogens is 701 g/mol. The molecule has 2 aromatic heterocycles. The van der Waals surface area contributed by atoms with Crippen LogP contribution in [-0.4, -0.2) is 9.13 Å². The SMILES string of the molecule is Cc1ccccc1-c1ccc2c(c1)c1c(n2-c2ccc(-c3cccc(-c4ccc(-n5c6c(c7cc(-c8ccccc8C)ccc75)C=CCC6)cc4)c3)cc2)C=CCC1. The molecular formula is C56H44N2. The van der Waals surface area contributed by atoms with E-state index in [-0.39, 0.29) is 0 Å². The minimum atomic E-state index is 1.04. The van der Waals surface area contributed by atoms with Gasteiger partial charge in [-0.15, -0.1) is 0 Å². The molecule has 0 saturated heterocycles. The van der Waals surface area contributed by atoms with Crippen LogP contribution in [0.2, 0.25) is 0 Å². The topological polar surface area (TPSA) is 9.86 Å². The van der Waals surface area contributed by atoms with Crippen molar-refractivity contribution in [3.8, 4) is 55.9 Å². The first-order valence-corrected chi connectivity index (χ1v) is 20.7. The van der Waals surface area contributed by atoms with Crippen molar-refractivity contribution in [1.82, 2.24) is 9.13 Å². The maximum Gasteiger partial charge on any atom is 0.0538 e. The lowest BCUT2D eigenvalue weighted by atomic mass is 9.96. The van der Waals surface area contributed by atoms with E-state index in [0.29, 0.717) is 0 Å². The average Bonchev–Trinajstić information content (AvgIpc) is 3.79. The number of allylic oxidation sites excluding steroid dienone is 2. The summed E-state index contributed by atoms with van der Waals surface area (Å²) in [5.74, 6) is 0. The maximum atomic E-state index is 2.49. The van der Waals surface area contributed by atoms with Crippen LogP contribution in [0, 0.1) is 13.8 Å². The van der Waals surface area contributed by atoms with Crippen LogP contribution in [0.5, 0.6) is 0 Å². The Labute approximate surface area is 340 Å². The Kier molecular flexibility index (Phi) is 8.25. The van der Waals surface area contributed by atoms with Gasteiger partial charge in [0, 0.05) is 39.1 Å². The second kappa shape index (κ2) is 13.9. The number of rotatable bonds is 6. The van der Waals surface area contributed by atoms with Gasteiger partial charge in [-0.05, 0) is 161 Å². The van der Waals surface area contributed by atoms with Gasteiger partial charge in [-0.2, -0.15) is 0 Å². The Morgan fingerprint density at radius 2 is 0.948 bits per heavy atom. The third kappa shape index (κ3) is 5.71. The second-order valence-corrected chi connectivity index (χ2v) is 16.0. The largest absolute Gasteiger partial charge is 0.313 e. The summed E-state index contributed by atoms with van der Waals surface area (Å²) in [7, 11) is 0. The molecule has 58 heavy (non-hydrogen) atoms. The molecule has 0 bridgehead atoms. The van der Waals surface area contributed by atoms with E-state index in [4.69, 9.17) is 0 Å². The van der Waals surface area contributed by atoms with Crippen LogP contribution in [0.1, 0.15) is 46.5 Å². The maximum absolute atomic E-state index is 2.49. The Morgan fingerprint density at radius 1 is 0.414 bits per heavy atom. The third-order valence-electron chi connectivity index (χ3n) is 12.6. The number of nitrogens with zero attached hydrogens (tertiary/aromatic N) is 2. The van der Waals surface area contributed by atoms with Gasteiger partial charge in [-0.1, -0.05) is 121 Å². The summed E-state index contributed by atoms with van der Waals surface area (Å²) in [5, 5.41) is 2.68. The summed E-state index contributed by atoms with van der Waals surface area (Å²) in [4.78, 5) is 0. The van der Waals surface area contributed by atoms with Gasteiger partial charge in [0.05, 0.1) is 11.0 Å². The van der Waals surface area contributed by atoms with E-state index in [0.717, 1.165) is 25.7 Å². The van der Waals surface area contributed by atoms with Gasteiger partial charge in [-0.3, -0.25) is 0 Å². The van der Waals surface area contributed by atoms with Crippen molar-refractivity contribution in [2.75, 3.05) is 0 Å². The molecule has 0 N–H and O–H groups in total. The van der Waals surface area contributed by atoms with Gasteiger partial charge in [0.1, 0.15) is 0 Å². The van der Waals surface area contributed by atoms with Crippen LogP contribution in [0.25, 0.3) is 89.8 Å². The van der Waals surface area contributed by atoms with Gasteiger partial charge in [-0.25, -0.2) is 0 Å². The van der Waals surface area contributed by atoms with Crippen molar-refractivity contribution in [2.24, 2.45) is 0 Å². The average molecular weight is 745 g/mol. The normalized spacial score (nSPS) is 13.3. The van der Waals surface area contributed by atoms with E-state index in [1.54, 1.807) is 0 Å². The monoisotopic (exact) mass is 744 g/mol. The first-order valence-electron chi connectivity index (χ1n) is 20.7. The number of hydrogen-bond donors (Lipinski definition) is 0. The van der Waals surface area contributed by atoms with Gasteiger partial charge in [0.15, 0.2) is 0 Å². The summed E-state index contributed by atoms with van der Waals surface area (Å²) in [5.41, 5.74) is 23.1. The molecule has 2 aliphatic carbocycles. The first kappa shape index (κ1) is 34.4. The van der Waals surface area contributed by atoms with Crippen molar-refractivity contribution >= 4 is 34.0 Å². The molecule has 2 heteroatoms. The van der Waals surface area contributed by atoms with E-state index < -0.39 is 0 Å². The molecule has 278 valence electrons. The van der Waals surface area contributed by atoms with Crippen molar-refractivity contribution in [1.29, 1.82) is 0 Å². The molecule has 0 aliphatic heterocycles. The van der Waals surface area contributed by atoms with Crippen molar-refractivity contribution in [3.63, 3.8) is 0 Å². The summed E-state index contributed by atoms with van der Waals surface area (Å²) in [6, 6.07) is 58.7. The van der Waals surface area contributed by atoms with Crippen molar-refractivity contribution in [3.05, 3.63) is 204 Å². The van der Waals surface area contributed by atoms with Gasteiger partial charge in [0.25, 0.3) is 0 Å².